The van der Waals surface area contributed by atoms with Gasteiger partial charge in [-0.15, -0.1) is 11.3 Å². The van der Waals surface area contributed by atoms with Gasteiger partial charge in [0.2, 0.25) is 10.0 Å². The van der Waals surface area contributed by atoms with Crippen LogP contribution in [0.3, 0.4) is 0 Å². The van der Waals surface area contributed by atoms with E-state index in [1.54, 1.807) is 23.5 Å². The third kappa shape index (κ3) is 4.41. The van der Waals surface area contributed by atoms with Gasteiger partial charge in [-0.05, 0) is 49.7 Å². The van der Waals surface area contributed by atoms with Crippen molar-refractivity contribution in [2.24, 2.45) is 0 Å². The van der Waals surface area contributed by atoms with Gasteiger partial charge < -0.3 is 9.64 Å². The van der Waals surface area contributed by atoms with Crippen LogP contribution in [0.15, 0.2) is 52.7 Å². The lowest BCUT2D eigenvalue weighted by Gasteiger charge is -2.34. The number of sulfonamides is 1. The Balaban J connectivity index is 1.43. The Kier molecular flexibility index (Phi) is 6.32. The van der Waals surface area contributed by atoms with E-state index in [0.717, 1.165) is 27.4 Å². The molecule has 0 aliphatic carbocycles. The summed E-state index contributed by atoms with van der Waals surface area (Å²) in [6.45, 7) is 4.93. The molecule has 0 saturated carbocycles. The van der Waals surface area contributed by atoms with Gasteiger partial charge in [0.25, 0.3) is 5.91 Å². The first kappa shape index (κ1) is 22.4. The number of benzene rings is 2. The van der Waals surface area contributed by atoms with E-state index in [1.165, 1.54) is 15.6 Å². The second-order valence-electron chi connectivity index (χ2n) is 7.73. The molecule has 9 heteroatoms. The highest BCUT2D eigenvalue weighted by atomic mass is 32.2. The van der Waals surface area contributed by atoms with Gasteiger partial charge in [0, 0.05) is 37.1 Å². The molecule has 2 aromatic carbocycles. The highest BCUT2D eigenvalue weighted by molar-refractivity contribution is 7.89. The van der Waals surface area contributed by atoms with Crippen LogP contribution in [0.2, 0.25) is 0 Å². The zero-order chi connectivity index (χ0) is 22.9. The van der Waals surface area contributed by atoms with E-state index in [0.29, 0.717) is 23.7 Å². The van der Waals surface area contributed by atoms with Crippen LogP contribution in [0.4, 0.5) is 0 Å². The maximum absolute atomic E-state index is 13.1. The molecule has 168 valence electrons. The van der Waals surface area contributed by atoms with Crippen molar-refractivity contribution >= 4 is 27.3 Å². The summed E-state index contributed by atoms with van der Waals surface area (Å²) in [5, 5.41) is 2.51. The van der Waals surface area contributed by atoms with Gasteiger partial charge in [0.15, 0.2) is 0 Å². The number of aromatic nitrogens is 1. The van der Waals surface area contributed by atoms with Crippen LogP contribution >= 0.6 is 11.3 Å². The molecule has 32 heavy (non-hydrogen) atoms. The molecule has 0 radical (unpaired) electrons. The number of methoxy groups -OCH3 is 1. The molecule has 1 fully saturated rings. The number of carbonyl (C=O) groups excluding carboxylic acids is 1. The first-order valence-corrected chi connectivity index (χ1v) is 12.6. The van der Waals surface area contributed by atoms with Gasteiger partial charge in [0.1, 0.15) is 16.5 Å². The molecule has 0 unspecified atom stereocenters. The smallest absolute Gasteiger partial charge is 0.273 e. The second-order valence-corrected chi connectivity index (χ2v) is 10.5. The topological polar surface area (TPSA) is 79.8 Å². The molecular formula is C23H25N3O4S2. The van der Waals surface area contributed by atoms with E-state index in [4.69, 9.17) is 4.74 Å². The normalized spacial score (nSPS) is 15.0. The van der Waals surface area contributed by atoms with Crippen LogP contribution in [0.25, 0.3) is 10.6 Å². The van der Waals surface area contributed by atoms with E-state index in [1.807, 2.05) is 50.2 Å². The minimum absolute atomic E-state index is 0.176. The van der Waals surface area contributed by atoms with Crippen LogP contribution in [0, 0.1) is 13.8 Å². The van der Waals surface area contributed by atoms with Crippen LogP contribution in [-0.4, -0.2) is 61.8 Å². The van der Waals surface area contributed by atoms with Crippen molar-refractivity contribution in [2.75, 3.05) is 33.3 Å². The first-order valence-electron chi connectivity index (χ1n) is 10.3. The lowest BCUT2D eigenvalue weighted by molar-refractivity contribution is 0.0693. The molecule has 4 rings (SSSR count). The van der Waals surface area contributed by atoms with Gasteiger partial charge in [-0.1, -0.05) is 17.7 Å². The molecule has 3 aromatic rings. The van der Waals surface area contributed by atoms with Gasteiger partial charge in [-0.2, -0.15) is 4.31 Å². The fraction of sp³-hybridized carbons (Fsp3) is 0.304. The monoisotopic (exact) mass is 471 g/mol. The van der Waals surface area contributed by atoms with E-state index in [2.05, 4.69) is 4.98 Å². The maximum Gasteiger partial charge on any atom is 0.273 e. The number of piperazine rings is 1. The van der Waals surface area contributed by atoms with E-state index < -0.39 is 10.0 Å². The molecule has 0 spiro atoms. The summed E-state index contributed by atoms with van der Waals surface area (Å²) in [6.07, 6.45) is 0. The molecule has 2 heterocycles. The van der Waals surface area contributed by atoms with Crippen molar-refractivity contribution in [2.45, 2.75) is 18.7 Å². The van der Waals surface area contributed by atoms with Gasteiger partial charge in [0.05, 0.1) is 12.0 Å². The minimum Gasteiger partial charge on any atom is -0.497 e. The number of thiazole rings is 1. The van der Waals surface area contributed by atoms with Crippen LogP contribution in [0.5, 0.6) is 5.75 Å². The summed E-state index contributed by atoms with van der Waals surface area (Å²) in [5.74, 6) is 0.583. The predicted molar refractivity (Wildman–Crippen MR) is 125 cm³/mol. The standard InChI is InChI=1S/C23H25N3O4S2/c1-16-4-9-21(17(2)14-16)32(28,29)26-12-10-25(11-13-26)23(27)20-15-31-22(24-20)18-5-7-19(30-3)8-6-18/h4-9,14-15H,10-13H2,1-3H3. The SMILES string of the molecule is COc1ccc(-c2nc(C(=O)N3CCN(S(=O)(=O)c4ccc(C)cc4C)CC3)cs2)cc1. The Morgan fingerprint density at radius 1 is 1.03 bits per heavy atom. The van der Waals surface area contributed by atoms with E-state index in [9.17, 15) is 13.2 Å². The summed E-state index contributed by atoms with van der Waals surface area (Å²) >= 11 is 1.41. The number of aryl methyl sites for hydroxylation is 2. The third-order valence-corrected chi connectivity index (χ3v) is 8.48. The van der Waals surface area contributed by atoms with E-state index >= 15 is 0 Å². The first-order chi connectivity index (χ1) is 15.3. The highest BCUT2D eigenvalue weighted by Gasteiger charge is 2.32. The van der Waals surface area contributed by atoms with Crippen molar-refractivity contribution in [1.82, 2.24) is 14.2 Å². The van der Waals surface area contributed by atoms with Crippen LogP contribution in [-0.2, 0) is 10.0 Å². The third-order valence-electron chi connectivity index (χ3n) is 5.53. The fourth-order valence-corrected chi connectivity index (χ4v) is 6.19. The molecule has 0 atom stereocenters. The Labute approximate surface area is 192 Å². The highest BCUT2D eigenvalue weighted by Crippen LogP contribution is 2.27. The number of carbonyl (C=O) groups is 1. The Bertz CT molecular complexity index is 1230. The lowest BCUT2D eigenvalue weighted by Crippen LogP contribution is -2.50. The number of hydrogen-bond donors (Lipinski definition) is 0. The van der Waals surface area contributed by atoms with Crippen molar-refractivity contribution in [3.8, 4) is 16.3 Å². The average molecular weight is 472 g/mol. The molecular weight excluding hydrogens is 446 g/mol. The lowest BCUT2D eigenvalue weighted by atomic mass is 10.2. The zero-order valence-corrected chi connectivity index (χ0v) is 19.9. The summed E-state index contributed by atoms with van der Waals surface area (Å²) in [4.78, 5) is 19.4. The Morgan fingerprint density at radius 3 is 2.34 bits per heavy atom. The Hall–Kier alpha value is -2.75. The van der Waals surface area contributed by atoms with Gasteiger partial charge in [-0.3, -0.25) is 4.79 Å². The summed E-state index contributed by atoms with van der Waals surface area (Å²) in [6, 6.07) is 12.9. The Morgan fingerprint density at radius 2 is 1.72 bits per heavy atom. The largest absolute Gasteiger partial charge is 0.497 e. The molecule has 1 amide bonds. The number of ether oxygens (including phenoxy) is 1. The van der Waals surface area contributed by atoms with Crippen molar-refractivity contribution in [3.63, 3.8) is 0 Å². The van der Waals surface area contributed by atoms with Crippen molar-refractivity contribution < 1.29 is 17.9 Å². The van der Waals surface area contributed by atoms with Gasteiger partial charge >= 0.3 is 0 Å². The number of rotatable bonds is 5. The fourth-order valence-electron chi connectivity index (χ4n) is 3.76. The molecule has 1 aliphatic heterocycles. The van der Waals surface area contributed by atoms with Crippen molar-refractivity contribution in [1.29, 1.82) is 0 Å². The number of amides is 1. The number of nitrogens with zero attached hydrogens (tertiary/aromatic N) is 3. The molecule has 0 N–H and O–H groups in total. The maximum atomic E-state index is 13.1. The molecule has 1 aliphatic rings. The van der Waals surface area contributed by atoms with Crippen LogP contribution < -0.4 is 4.74 Å². The summed E-state index contributed by atoms with van der Waals surface area (Å²) < 4.78 is 32.8. The van der Waals surface area contributed by atoms with E-state index in [-0.39, 0.29) is 19.0 Å². The number of hydrogen-bond acceptors (Lipinski definition) is 6. The average Bonchev–Trinajstić information content (AvgIpc) is 3.29. The summed E-state index contributed by atoms with van der Waals surface area (Å²) in [7, 11) is -1.98. The molecule has 1 saturated heterocycles. The zero-order valence-electron chi connectivity index (χ0n) is 18.2. The minimum atomic E-state index is -3.59. The molecule has 7 nitrogen and oxygen atoms in total. The summed E-state index contributed by atoms with van der Waals surface area (Å²) in [5.41, 5.74) is 3.05. The van der Waals surface area contributed by atoms with Crippen molar-refractivity contribution in [3.05, 3.63) is 64.7 Å². The molecule has 1 aromatic heterocycles. The molecule has 0 bridgehead atoms. The second kappa shape index (κ2) is 9.01. The quantitative estimate of drug-likeness (QED) is 0.568. The van der Waals surface area contributed by atoms with Gasteiger partial charge in [-0.25, -0.2) is 13.4 Å². The predicted octanol–water partition coefficient (Wildman–Crippen LogP) is 3.58. The van der Waals surface area contributed by atoms with Crippen LogP contribution in [0.1, 0.15) is 21.6 Å².